The first-order valence-electron chi connectivity index (χ1n) is 8.08. The molecule has 3 aliphatic rings. The highest BCUT2D eigenvalue weighted by molar-refractivity contribution is 6.00. The predicted octanol–water partition coefficient (Wildman–Crippen LogP) is 3.86. The van der Waals surface area contributed by atoms with Crippen LogP contribution >= 0.6 is 0 Å². The van der Waals surface area contributed by atoms with Crippen molar-refractivity contribution in [3.8, 4) is 0 Å². The zero-order chi connectivity index (χ0) is 14.3. The average Bonchev–Trinajstić information content (AvgIpc) is 2.51. The first kappa shape index (κ1) is 13.8. The van der Waals surface area contributed by atoms with Gasteiger partial charge in [-0.2, -0.15) is 0 Å². The van der Waals surface area contributed by atoms with Crippen molar-refractivity contribution in [3.63, 3.8) is 0 Å². The Labute approximate surface area is 121 Å². The van der Waals surface area contributed by atoms with E-state index in [9.17, 15) is 9.59 Å². The van der Waals surface area contributed by atoms with Gasteiger partial charge in [-0.3, -0.25) is 9.59 Å². The van der Waals surface area contributed by atoms with E-state index in [2.05, 4.69) is 26.0 Å². The van der Waals surface area contributed by atoms with Gasteiger partial charge < -0.3 is 0 Å². The molecule has 3 rings (SSSR count). The van der Waals surface area contributed by atoms with Gasteiger partial charge in [0.25, 0.3) is 0 Å². The Morgan fingerprint density at radius 2 is 1.20 bits per heavy atom. The van der Waals surface area contributed by atoms with Crippen molar-refractivity contribution in [3.05, 3.63) is 23.3 Å². The Bertz CT molecular complexity index is 452. The van der Waals surface area contributed by atoms with Crippen molar-refractivity contribution in [1.29, 1.82) is 0 Å². The molecule has 0 amide bonds. The predicted molar refractivity (Wildman–Crippen MR) is 79.2 cm³/mol. The number of hydrogen-bond donors (Lipinski definition) is 0. The summed E-state index contributed by atoms with van der Waals surface area (Å²) in [5, 5.41) is 0. The van der Waals surface area contributed by atoms with Crippen LogP contribution in [0, 0.1) is 23.7 Å². The van der Waals surface area contributed by atoms with Gasteiger partial charge in [-0.1, -0.05) is 37.1 Å². The molecule has 20 heavy (non-hydrogen) atoms. The fourth-order valence-electron chi connectivity index (χ4n) is 4.29. The summed E-state index contributed by atoms with van der Waals surface area (Å²) in [7, 11) is 0. The molecule has 0 N–H and O–H groups in total. The lowest BCUT2D eigenvalue weighted by molar-refractivity contribution is -0.147. The van der Waals surface area contributed by atoms with Crippen molar-refractivity contribution in [2.45, 2.75) is 52.4 Å². The second kappa shape index (κ2) is 5.31. The number of allylic oxidation sites excluding steroid dienone is 4. The number of fused-ring (bicyclic) bond motifs is 2. The standard InChI is InChI=1S/C18H24O2/c1-3-11-5-7-13-15(9-11)17(19)14-8-6-12(4-2)10-16(14)18(13)20/h5-6,13-16H,3-4,7-10H2,1-2H3/t13-,14+,15+,16-. The Balaban J connectivity index is 1.88. The van der Waals surface area contributed by atoms with Gasteiger partial charge >= 0.3 is 0 Å². The molecule has 1 fully saturated rings. The minimum absolute atomic E-state index is 0.0136. The number of carbonyl (C=O) groups is 2. The molecule has 2 nitrogen and oxygen atoms in total. The molecule has 0 unspecified atom stereocenters. The molecule has 1 saturated carbocycles. The van der Waals surface area contributed by atoms with Crippen LogP contribution in [0.25, 0.3) is 0 Å². The highest BCUT2D eigenvalue weighted by Crippen LogP contribution is 2.46. The number of Topliss-reactive ketones (excluding diaryl/α,β-unsaturated/α-hetero) is 2. The third-order valence-electron chi connectivity index (χ3n) is 5.63. The maximum Gasteiger partial charge on any atom is 0.141 e. The molecule has 0 aromatic carbocycles. The normalized spacial score (nSPS) is 36.9. The van der Waals surface area contributed by atoms with Crippen molar-refractivity contribution in [2.24, 2.45) is 23.7 Å². The summed E-state index contributed by atoms with van der Waals surface area (Å²) in [4.78, 5) is 25.6. The molecule has 0 aliphatic heterocycles. The minimum atomic E-state index is -0.0183. The van der Waals surface area contributed by atoms with Crippen LogP contribution in [0.1, 0.15) is 52.4 Å². The number of rotatable bonds is 2. The quantitative estimate of drug-likeness (QED) is 0.715. The summed E-state index contributed by atoms with van der Waals surface area (Å²) in [6, 6.07) is 0. The zero-order valence-electron chi connectivity index (χ0n) is 12.5. The van der Waals surface area contributed by atoms with Crippen LogP contribution < -0.4 is 0 Å². The van der Waals surface area contributed by atoms with Crippen molar-refractivity contribution >= 4 is 11.6 Å². The molecule has 0 heterocycles. The molecule has 3 aliphatic carbocycles. The van der Waals surface area contributed by atoms with E-state index >= 15 is 0 Å². The summed E-state index contributed by atoms with van der Waals surface area (Å²) in [5.74, 6) is 0.696. The van der Waals surface area contributed by atoms with Crippen LogP contribution in [0.15, 0.2) is 23.3 Å². The molecule has 0 bridgehead atoms. The Hall–Kier alpha value is -1.18. The van der Waals surface area contributed by atoms with Crippen molar-refractivity contribution < 1.29 is 9.59 Å². The largest absolute Gasteiger partial charge is 0.299 e. The minimum Gasteiger partial charge on any atom is -0.299 e. The lowest BCUT2D eigenvalue weighted by atomic mass is 9.59. The zero-order valence-corrected chi connectivity index (χ0v) is 12.5. The summed E-state index contributed by atoms with van der Waals surface area (Å²) in [6.45, 7) is 4.28. The monoisotopic (exact) mass is 272 g/mol. The second-order valence-electron chi connectivity index (χ2n) is 6.54. The Kier molecular flexibility index (Phi) is 3.66. The van der Waals surface area contributed by atoms with E-state index in [0.717, 1.165) is 38.5 Å². The lowest BCUT2D eigenvalue weighted by Crippen LogP contribution is -2.49. The number of ketones is 2. The van der Waals surface area contributed by atoms with Gasteiger partial charge in [0.1, 0.15) is 11.6 Å². The van der Waals surface area contributed by atoms with Gasteiger partial charge in [0, 0.05) is 23.7 Å². The Morgan fingerprint density at radius 1 is 0.800 bits per heavy atom. The summed E-state index contributed by atoms with van der Waals surface area (Å²) in [6.07, 6.45) is 9.72. The SMILES string of the molecule is CCC1=CC[C@H]2C(=O)[C@@H]3CC(CC)=CC[C@@H]3C(=O)[C@H]2C1. The van der Waals surface area contributed by atoms with Gasteiger partial charge in [0.05, 0.1) is 0 Å². The van der Waals surface area contributed by atoms with Gasteiger partial charge in [-0.05, 0) is 38.5 Å². The summed E-state index contributed by atoms with van der Waals surface area (Å²) >= 11 is 0. The van der Waals surface area contributed by atoms with E-state index in [0.29, 0.717) is 11.6 Å². The second-order valence-corrected chi connectivity index (χ2v) is 6.54. The molecule has 0 radical (unpaired) electrons. The fourth-order valence-corrected chi connectivity index (χ4v) is 4.29. The van der Waals surface area contributed by atoms with Crippen LogP contribution in [0.4, 0.5) is 0 Å². The highest BCUT2D eigenvalue weighted by Gasteiger charge is 2.50. The molecule has 108 valence electrons. The van der Waals surface area contributed by atoms with E-state index in [-0.39, 0.29) is 23.7 Å². The van der Waals surface area contributed by atoms with Crippen molar-refractivity contribution in [1.82, 2.24) is 0 Å². The molecular formula is C18H24O2. The van der Waals surface area contributed by atoms with Gasteiger partial charge in [-0.15, -0.1) is 0 Å². The third-order valence-corrected chi connectivity index (χ3v) is 5.63. The summed E-state index contributed by atoms with van der Waals surface area (Å²) < 4.78 is 0. The smallest absolute Gasteiger partial charge is 0.141 e. The molecule has 0 spiro atoms. The lowest BCUT2D eigenvalue weighted by Gasteiger charge is -2.42. The van der Waals surface area contributed by atoms with Crippen LogP contribution in [0.5, 0.6) is 0 Å². The summed E-state index contributed by atoms with van der Waals surface area (Å²) in [5.41, 5.74) is 2.73. The maximum atomic E-state index is 12.8. The van der Waals surface area contributed by atoms with Gasteiger partial charge in [-0.25, -0.2) is 0 Å². The molecule has 4 atom stereocenters. The molecule has 0 aromatic rings. The topological polar surface area (TPSA) is 34.1 Å². The number of carbonyl (C=O) groups excluding carboxylic acids is 2. The molecule has 2 heteroatoms. The fraction of sp³-hybridized carbons (Fsp3) is 0.667. The van der Waals surface area contributed by atoms with Crippen molar-refractivity contribution in [2.75, 3.05) is 0 Å². The van der Waals surface area contributed by atoms with Crippen LogP contribution in [-0.4, -0.2) is 11.6 Å². The van der Waals surface area contributed by atoms with Gasteiger partial charge in [0.15, 0.2) is 0 Å². The maximum absolute atomic E-state index is 12.8. The van der Waals surface area contributed by atoms with Gasteiger partial charge in [0.2, 0.25) is 0 Å². The first-order valence-corrected chi connectivity index (χ1v) is 8.08. The van der Waals surface area contributed by atoms with Crippen LogP contribution in [0.2, 0.25) is 0 Å². The number of hydrogen-bond acceptors (Lipinski definition) is 2. The Morgan fingerprint density at radius 3 is 1.55 bits per heavy atom. The van der Waals surface area contributed by atoms with E-state index in [1.54, 1.807) is 0 Å². The first-order chi connectivity index (χ1) is 9.65. The highest BCUT2D eigenvalue weighted by atomic mass is 16.1. The van der Waals surface area contributed by atoms with E-state index in [4.69, 9.17) is 0 Å². The van der Waals surface area contributed by atoms with Crippen LogP contribution in [0.3, 0.4) is 0 Å². The molecular weight excluding hydrogens is 248 g/mol. The third kappa shape index (κ3) is 2.10. The van der Waals surface area contributed by atoms with E-state index in [1.807, 2.05) is 0 Å². The average molecular weight is 272 g/mol. The van der Waals surface area contributed by atoms with E-state index in [1.165, 1.54) is 11.1 Å². The molecule has 0 saturated heterocycles. The van der Waals surface area contributed by atoms with Crippen LogP contribution in [-0.2, 0) is 9.59 Å². The molecule has 0 aromatic heterocycles. The van der Waals surface area contributed by atoms with E-state index < -0.39 is 0 Å².